The number of nitrogens with two attached hydrogens (primary N) is 1. The lowest BCUT2D eigenvalue weighted by Gasteiger charge is -2.16. The normalized spacial score (nSPS) is 11.6. The Morgan fingerprint density at radius 1 is 0.848 bits per heavy atom. The molecule has 0 aliphatic heterocycles. The van der Waals surface area contributed by atoms with E-state index in [0.717, 1.165) is 21.9 Å². The molecular formula is C27H24N2O4. The molecule has 0 heterocycles. The van der Waals surface area contributed by atoms with Gasteiger partial charge in [0, 0.05) is 12.0 Å². The molecule has 166 valence electrons. The van der Waals surface area contributed by atoms with Crippen LogP contribution in [0, 0.1) is 0 Å². The molecule has 0 spiro atoms. The summed E-state index contributed by atoms with van der Waals surface area (Å²) in [7, 11) is 0. The smallest absolute Gasteiger partial charge is 0.326 e. The Morgan fingerprint density at radius 2 is 1.58 bits per heavy atom. The van der Waals surface area contributed by atoms with Gasteiger partial charge >= 0.3 is 5.97 Å². The topological polar surface area (TPSA) is 102 Å². The third-order valence-corrected chi connectivity index (χ3v) is 5.37. The van der Waals surface area contributed by atoms with Crippen LogP contribution in [0.1, 0.15) is 21.5 Å². The fourth-order valence-electron chi connectivity index (χ4n) is 3.58. The Kier molecular flexibility index (Phi) is 6.55. The van der Waals surface area contributed by atoms with Gasteiger partial charge in [-0.25, -0.2) is 4.79 Å². The van der Waals surface area contributed by atoms with Crippen molar-refractivity contribution in [1.29, 1.82) is 0 Å². The van der Waals surface area contributed by atoms with E-state index in [-0.39, 0.29) is 18.6 Å². The van der Waals surface area contributed by atoms with Gasteiger partial charge < -0.3 is 20.9 Å². The number of nitrogens with one attached hydrogen (secondary N) is 1. The van der Waals surface area contributed by atoms with Crippen LogP contribution >= 0.6 is 0 Å². The molecule has 0 saturated heterocycles. The molecule has 6 heteroatoms. The van der Waals surface area contributed by atoms with E-state index < -0.39 is 17.9 Å². The maximum absolute atomic E-state index is 12.8. The van der Waals surface area contributed by atoms with E-state index >= 15 is 0 Å². The van der Waals surface area contributed by atoms with Gasteiger partial charge in [0.1, 0.15) is 18.4 Å². The third-order valence-electron chi connectivity index (χ3n) is 5.37. The minimum atomic E-state index is -1.10. The molecule has 6 nitrogen and oxygen atoms in total. The molecule has 0 fully saturated rings. The number of benzene rings is 4. The van der Waals surface area contributed by atoms with E-state index in [1.165, 1.54) is 6.07 Å². The maximum Gasteiger partial charge on any atom is 0.326 e. The molecule has 4 aromatic rings. The zero-order valence-corrected chi connectivity index (χ0v) is 17.9. The van der Waals surface area contributed by atoms with E-state index in [1.807, 2.05) is 72.8 Å². The van der Waals surface area contributed by atoms with Crippen molar-refractivity contribution in [2.75, 3.05) is 5.73 Å². The van der Waals surface area contributed by atoms with Crippen LogP contribution in [-0.4, -0.2) is 23.0 Å². The van der Waals surface area contributed by atoms with Gasteiger partial charge in [-0.3, -0.25) is 4.79 Å². The Bertz CT molecular complexity index is 1290. The monoisotopic (exact) mass is 440 g/mol. The van der Waals surface area contributed by atoms with Crippen molar-refractivity contribution in [1.82, 2.24) is 5.32 Å². The van der Waals surface area contributed by atoms with Crippen molar-refractivity contribution in [3.8, 4) is 5.75 Å². The van der Waals surface area contributed by atoms with Crippen LogP contribution in [0.3, 0.4) is 0 Å². The second-order valence-corrected chi connectivity index (χ2v) is 7.78. The quantitative estimate of drug-likeness (QED) is 0.352. The first-order valence-electron chi connectivity index (χ1n) is 10.6. The number of carboxylic acid groups (broad SMARTS) is 1. The Hall–Kier alpha value is -4.32. The van der Waals surface area contributed by atoms with Crippen LogP contribution in [0.15, 0.2) is 91.0 Å². The van der Waals surface area contributed by atoms with Gasteiger partial charge in [0.15, 0.2) is 0 Å². The van der Waals surface area contributed by atoms with Crippen molar-refractivity contribution >= 4 is 28.3 Å². The molecule has 1 amide bonds. The van der Waals surface area contributed by atoms with E-state index in [4.69, 9.17) is 10.5 Å². The fourth-order valence-corrected chi connectivity index (χ4v) is 3.58. The predicted octanol–water partition coefficient (Wildman–Crippen LogP) is 4.43. The number of amides is 1. The number of aliphatic carboxylic acids is 1. The summed E-state index contributed by atoms with van der Waals surface area (Å²) in [6.45, 7) is 0.284. The molecule has 0 saturated carbocycles. The van der Waals surface area contributed by atoms with Crippen LogP contribution in [0.4, 0.5) is 5.69 Å². The molecule has 1 atom stereocenters. The van der Waals surface area contributed by atoms with Crippen LogP contribution in [0.25, 0.3) is 10.8 Å². The fraction of sp³-hybridized carbons (Fsp3) is 0.111. The van der Waals surface area contributed by atoms with Crippen molar-refractivity contribution in [3.63, 3.8) is 0 Å². The lowest BCUT2D eigenvalue weighted by molar-refractivity contribution is -0.139. The molecule has 4 N–H and O–H groups in total. The summed E-state index contributed by atoms with van der Waals surface area (Å²) >= 11 is 0. The predicted molar refractivity (Wildman–Crippen MR) is 128 cm³/mol. The highest BCUT2D eigenvalue weighted by atomic mass is 16.5. The van der Waals surface area contributed by atoms with Crippen molar-refractivity contribution in [2.45, 2.75) is 19.1 Å². The first kappa shape index (κ1) is 21.9. The van der Waals surface area contributed by atoms with Gasteiger partial charge in [-0.2, -0.15) is 0 Å². The van der Waals surface area contributed by atoms with Crippen LogP contribution in [0.5, 0.6) is 5.75 Å². The Balaban J connectivity index is 1.46. The minimum Gasteiger partial charge on any atom is -0.487 e. The number of nitrogen functional groups attached to an aromatic ring is 1. The second kappa shape index (κ2) is 9.87. The summed E-state index contributed by atoms with van der Waals surface area (Å²) in [6.07, 6.45) is 0.183. The molecule has 0 aliphatic rings. The standard InChI is InChI=1S/C27H24N2O4/c28-23-13-12-22(26(30)29-24(27(31)32)15-18-6-2-1-3-7-18)16-25(23)33-17-19-10-11-20-8-4-5-9-21(20)14-19/h1-14,16,24H,15,17,28H2,(H,29,30)(H,31,32)/t24-/m0/s1. The molecule has 0 aliphatic carbocycles. The van der Waals surface area contributed by atoms with E-state index in [0.29, 0.717) is 11.4 Å². The number of ether oxygens (including phenoxy) is 1. The lowest BCUT2D eigenvalue weighted by Crippen LogP contribution is -2.42. The molecule has 0 radical (unpaired) electrons. The summed E-state index contributed by atoms with van der Waals surface area (Å²) in [4.78, 5) is 24.4. The molecule has 4 aromatic carbocycles. The average Bonchev–Trinajstić information content (AvgIpc) is 2.83. The minimum absolute atomic E-state index is 0.183. The summed E-state index contributed by atoms with van der Waals surface area (Å²) in [5.74, 6) is -1.24. The molecule has 33 heavy (non-hydrogen) atoms. The van der Waals surface area contributed by atoms with Gasteiger partial charge in [0.2, 0.25) is 0 Å². The number of carboxylic acids is 1. The van der Waals surface area contributed by atoms with Crippen molar-refractivity contribution < 1.29 is 19.4 Å². The zero-order valence-electron chi connectivity index (χ0n) is 17.9. The van der Waals surface area contributed by atoms with E-state index in [9.17, 15) is 14.7 Å². The van der Waals surface area contributed by atoms with E-state index in [2.05, 4.69) is 5.32 Å². The van der Waals surface area contributed by atoms with Gasteiger partial charge in [0.25, 0.3) is 5.91 Å². The summed E-state index contributed by atoms with van der Waals surface area (Å²) in [6, 6.07) is 26.9. The largest absolute Gasteiger partial charge is 0.487 e. The summed E-state index contributed by atoms with van der Waals surface area (Å²) < 4.78 is 5.89. The number of rotatable bonds is 8. The number of hydrogen-bond donors (Lipinski definition) is 3. The van der Waals surface area contributed by atoms with Crippen LogP contribution < -0.4 is 15.8 Å². The Morgan fingerprint density at radius 3 is 2.33 bits per heavy atom. The highest BCUT2D eigenvalue weighted by molar-refractivity contribution is 5.97. The van der Waals surface area contributed by atoms with Crippen molar-refractivity contribution in [2.24, 2.45) is 0 Å². The number of fused-ring (bicyclic) bond motifs is 1. The maximum atomic E-state index is 12.8. The Labute approximate surface area is 191 Å². The summed E-state index contributed by atoms with van der Waals surface area (Å²) in [5, 5.41) is 14.4. The average molecular weight is 440 g/mol. The van der Waals surface area contributed by atoms with Crippen molar-refractivity contribution in [3.05, 3.63) is 108 Å². The lowest BCUT2D eigenvalue weighted by atomic mass is 10.1. The number of anilines is 1. The molecule has 0 unspecified atom stereocenters. The number of carbonyl (C=O) groups is 2. The van der Waals surface area contributed by atoms with Gasteiger partial charge in [-0.1, -0.05) is 66.7 Å². The van der Waals surface area contributed by atoms with Gasteiger partial charge in [-0.15, -0.1) is 0 Å². The number of carbonyl (C=O) groups excluding carboxylic acids is 1. The molecule has 0 bridgehead atoms. The SMILES string of the molecule is Nc1ccc(C(=O)N[C@@H](Cc2ccccc2)C(=O)O)cc1OCc1ccc2ccccc2c1. The van der Waals surface area contributed by atoms with Crippen LogP contribution in [-0.2, 0) is 17.8 Å². The number of hydrogen-bond acceptors (Lipinski definition) is 4. The van der Waals surface area contributed by atoms with Crippen LogP contribution in [0.2, 0.25) is 0 Å². The highest BCUT2D eigenvalue weighted by Crippen LogP contribution is 2.25. The second-order valence-electron chi connectivity index (χ2n) is 7.78. The van der Waals surface area contributed by atoms with E-state index in [1.54, 1.807) is 12.1 Å². The summed E-state index contributed by atoms with van der Waals surface area (Å²) in [5.41, 5.74) is 8.51. The molecule has 0 aromatic heterocycles. The molecule has 4 rings (SSSR count). The zero-order chi connectivity index (χ0) is 23.2. The van der Waals surface area contributed by atoms with Gasteiger partial charge in [0.05, 0.1) is 5.69 Å². The highest BCUT2D eigenvalue weighted by Gasteiger charge is 2.21. The first-order chi connectivity index (χ1) is 16.0. The molecular weight excluding hydrogens is 416 g/mol. The van der Waals surface area contributed by atoms with Gasteiger partial charge in [-0.05, 0) is 46.2 Å². The first-order valence-corrected chi connectivity index (χ1v) is 10.6. The third kappa shape index (κ3) is 5.49.